The zero-order chi connectivity index (χ0) is 8.15. The van der Waals surface area contributed by atoms with Crippen molar-refractivity contribution in [3.63, 3.8) is 0 Å². The van der Waals surface area contributed by atoms with Crippen molar-refractivity contribution >= 4 is 72.9 Å². The Morgan fingerprint density at radius 1 is 1.00 bits per heavy atom. The Morgan fingerprint density at radius 2 is 1.40 bits per heavy atom. The van der Waals surface area contributed by atoms with Crippen LogP contribution in [-0.4, -0.2) is 6.66 Å². The summed E-state index contributed by atoms with van der Waals surface area (Å²) in [6, 6.07) is 0. The quantitative estimate of drug-likeness (QED) is 0.623. The lowest BCUT2D eigenvalue weighted by Crippen LogP contribution is -1.35. The molecule has 0 saturated carbocycles. The van der Waals surface area contributed by atoms with Gasteiger partial charge < -0.3 is 0 Å². The van der Waals surface area contributed by atoms with Gasteiger partial charge in [0.05, 0.1) is 0 Å². The van der Waals surface area contributed by atoms with E-state index >= 15 is 0 Å². The second kappa shape index (κ2) is 8.20. The van der Waals surface area contributed by atoms with Gasteiger partial charge in [0, 0.05) is 0 Å². The van der Waals surface area contributed by atoms with E-state index in [-0.39, 0.29) is 14.0 Å². The van der Waals surface area contributed by atoms with Crippen LogP contribution >= 0.6 is 72.9 Å². The number of hydrogen-bond donors (Lipinski definition) is 0. The van der Waals surface area contributed by atoms with Gasteiger partial charge in [-0.3, -0.25) is 0 Å². The smallest absolute Gasteiger partial charge is 0.0143 e. The summed E-state index contributed by atoms with van der Waals surface area (Å²) in [5, 5.41) is 0. The summed E-state index contributed by atoms with van der Waals surface area (Å²) >= 11 is 0. The van der Waals surface area contributed by atoms with Gasteiger partial charge in [0.15, 0.2) is 0 Å². The standard InChI is InChI=1S/CH13P9/c1-6-7-10(8(2)3)9(4)5/h6-7H,2-5H2,1H3. The van der Waals surface area contributed by atoms with Crippen molar-refractivity contribution < 1.29 is 0 Å². The normalized spacial score (nSPS) is 14.4. The molecule has 0 bridgehead atoms. The third-order valence-corrected chi connectivity index (χ3v) is 46.6. The maximum Gasteiger partial charge on any atom is -0.0143 e. The SMILES string of the molecule is CPPP(P(P)P)P(P)P. The molecule has 0 heterocycles. The van der Waals surface area contributed by atoms with Crippen LogP contribution in [0.5, 0.6) is 0 Å². The van der Waals surface area contributed by atoms with Gasteiger partial charge in [0.1, 0.15) is 0 Å². The molecule has 0 nitrogen and oxygen atoms in total. The van der Waals surface area contributed by atoms with E-state index in [9.17, 15) is 0 Å². The lowest BCUT2D eigenvalue weighted by molar-refractivity contribution is 2.51. The van der Waals surface area contributed by atoms with Crippen LogP contribution in [0.4, 0.5) is 0 Å². The molecule has 0 spiro atoms. The van der Waals surface area contributed by atoms with Gasteiger partial charge in [-0.05, 0) is 27.6 Å². The summed E-state index contributed by atoms with van der Waals surface area (Å²) in [6.45, 7) is 3.05. The number of rotatable bonds is 4. The first kappa shape index (κ1) is 13.9. The molecule has 10 heavy (non-hydrogen) atoms. The van der Waals surface area contributed by atoms with Gasteiger partial charge in [-0.2, -0.15) is 0 Å². The molecule has 0 aromatic carbocycles. The minimum atomic E-state index is 0.195. The third kappa shape index (κ3) is 6.34. The molecule has 0 radical (unpaired) electrons. The molecule has 0 fully saturated rings. The predicted molar refractivity (Wildman–Crippen MR) is 82.2 cm³/mol. The van der Waals surface area contributed by atoms with Crippen molar-refractivity contribution in [2.75, 3.05) is 6.66 Å². The van der Waals surface area contributed by atoms with Gasteiger partial charge in [0.25, 0.3) is 0 Å². The average molecular weight is 304 g/mol. The van der Waals surface area contributed by atoms with E-state index in [1.165, 1.54) is 7.96 Å². The van der Waals surface area contributed by atoms with E-state index in [1.807, 2.05) is 0 Å². The minimum absolute atomic E-state index is 0.195. The van der Waals surface area contributed by atoms with Crippen molar-refractivity contribution in [3.05, 3.63) is 0 Å². The Hall–Kier alpha value is 3.87. The van der Waals surface area contributed by atoms with E-state index in [0.29, 0.717) is 6.99 Å². The van der Waals surface area contributed by atoms with Gasteiger partial charge >= 0.3 is 0 Å². The summed E-state index contributed by atoms with van der Waals surface area (Å²) < 4.78 is 0. The maximum absolute atomic E-state index is 2.97. The maximum atomic E-state index is 2.97. The third-order valence-electron chi connectivity index (χ3n) is 0.649. The van der Waals surface area contributed by atoms with Gasteiger partial charge in [0.2, 0.25) is 0 Å². The van der Waals surface area contributed by atoms with Crippen LogP contribution < -0.4 is 0 Å². The summed E-state index contributed by atoms with van der Waals surface area (Å²) in [5.74, 6) is 0. The van der Waals surface area contributed by atoms with Crippen LogP contribution in [0.25, 0.3) is 0 Å². The highest BCUT2D eigenvalue weighted by atomic mass is 33.2. The summed E-state index contributed by atoms with van der Waals surface area (Å²) in [5.41, 5.74) is 0. The lowest BCUT2D eigenvalue weighted by Gasteiger charge is -2.23. The topological polar surface area (TPSA) is 0 Å². The highest BCUT2D eigenvalue weighted by Gasteiger charge is 2.15. The molecule has 6 atom stereocenters. The Labute approximate surface area is 79.5 Å². The second-order valence-electron chi connectivity index (χ2n) is 1.41. The Bertz CT molecular complexity index is 68.8. The Kier molecular flexibility index (Phi) is 11.4. The monoisotopic (exact) mass is 304 g/mol. The fourth-order valence-corrected chi connectivity index (χ4v) is 65.1. The Balaban J connectivity index is 3.73. The van der Waals surface area contributed by atoms with Gasteiger partial charge in [-0.25, -0.2) is 0 Å². The molecule has 0 aromatic heterocycles. The molecule has 0 amide bonds. The van der Waals surface area contributed by atoms with E-state index in [2.05, 4.69) is 42.4 Å². The summed E-state index contributed by atoms with van der Waals surface area (Å²) in [6.07, 6.45) is 0. The zero-order valence-electron chi connectivity index (χ0n) is 5.65. The fraction of sp³-hybridized carbons (Fsp3) is 1.00. The first-order chi connectivity index (χ1) is 4.59. The highest BCUT2D eigenvalue weighted by Crippen LogP contribution is 3.05. The molecule has 0 rings (SSSR count). The van der Waals surface area contributed by atoms with E-state index in [1.54, 1.807) is 0 Å². The highest BCUT2D eigenvalue weighted by molar-refractivity contribution is 9.10. The average Bonchev–Trinajstić information content (AvgIpc) is 1.81. The molecule has 6 unspecified atom stereocenters. The van der Waals surface area contributed by atoms with Crippen molar-refractivity contribution in [1.82, 2.24) is 0 Å². The molecular formula is CH13P9. The Morgan fingerprint density at radius 3 is 1.50 bits per heavy atom. The van der Waals surface area contributed by atoms with Crippen LogP contribution in [-0.2, 0) is 0 Å². The van der Waals surface area contributed by atoms with Gasteiger partial charge in [-0.15, -0.1) is 35.7 Å². The molecule has 0 aliphatic carbocycles. The first-order valence-electron chi connectivity index (χ1n) is 2.41. The van der Waals surface area contributed by atoms with Crippen molar-refractivity contribution in [2.24, 2.45) is 0 Å². The molecule has 0 saturated heterocycles. The van der Waals surface area contributed by atoms with Crippen molar-refractivity contribution in [3.8, 4) is 0 Å². The van der Waals surface area contributed by atoms with Gasteiger partial charge in [-0.1, -0.05) is 16.2 Å². The van der Waals surface area contributed by atoms with E-state index in [0.717, 1.165) is 8.27 Å². The van der Waals surface area contributed by atoms with Crippen molar-refractivity contribution in [2.45, 2.75) is 0 Å². The molecular weight excluding hydrogens is 291 g/mol. The summed E-state index contributed by atoms with van der Waals surface area (Å²) in [7, 11) is 14.3. The van der Waals surface area contributed by atoms with Crippen LogP contribution in [0.3, 0.4) is 0 Å². The molecule has 0 aliphatic rings. The molecule has 0 aliphatic heterocycles. The minimum Gasteiger partial charge on any atom is -0.102 e. The summed E-state index contributed by atoms with van der Waals surface area (Å²) in [4.78, 5) is 0. The van der Waals surface area contributed by atoms with E-state index in [4.69, 9.17) is 0 Å². The first-order valence-corrected chi connectivity index (χ1v) is 18.7. The predicted octanol–water partition coefficient (Wildman–Crippen LogP) is 5.24. The van der Waals surface area contributed by atoms with Crippen LogP contribution in [0.1, 0.15) is 0 Å². The zero-order valence-corrected chi connectivity index (χ0v) is 15.0. The van der Waals surface area contributed by atoms with Crippen LogP contribution in [0, 0.1) is 0 Å². The van der Waals surface area contributed by atoms with Crippen molar-refractivity contribution in [1.29, 1.82) is 0 Å². The molecule has 0 aromatic rings. The fourth-order valence-electron chi connectivity index (χ4n) is 0.335. The second-order valence-corrected chi connectivity index (χ2v) is 33.6. The van der Waals surface area contributed by atoms with Crippen LogP contribution in [0.15, 0.2) is 0 Å². The lowest BCUT2D eigenvalue weighted by atomic mass is 12.0. The van der Waals surface area contributed by atoms with Crippen LogP contribution in [0.2, 0.25) is 0 Å². The molecule has 9 heteroatoms. The number of hydrogen-bond acceptors (Lipinski definition) is 0. The van der Waals surface area contributed by atoms with E-state index < -0.39 is 0 Å². The molecule has 62 valence electrons. The largest absolute Gasteiger partial charge is 0.102 e. The molecule has 0 N–H and O–H groups in total.